The minimum absolute atomic E-state index is 0.190. The number of anilines is 1. The summed E-state index contributed by atoms with van der Waals surface area (Å²) in [4.78, 5) is 32.5. The van der Waals surface area contributed by atoms with E-state index in [0.29, 0.717) is 34.7 Å². The van der Waals surface area contributed by atoms with Crippen LogP contribution in [0.4, 0.5) is 17.1 Å². The second-order valence-electron chi connectivity index (χ2n) is 7.51. The molecular weight excluding hydrogens is 460 g/mol. The van der Waals surface area contributed by atoms with Gasteiger partial charge in [0, 0.05) is 25.8 Å². The Morgan fingerprint density at radius 3 is 2.38 bits per heavy atom. The van der Waals surface area contributed by atoms with Gasteiger partial charge in [0.05, 0.1) is 54.6 Å². The summed E-state index contributed by atoms with van der Waals surface area (Å²) in [6.45, 7) is 3.11. The number of nitro benzene ring substituents is 1. The summed E-state index contributed by atoms with van der Waals surface area (Å²) in [6.07, 6.45) is 1.48. The largest absolute Gasteiger partial charge is 0.493 e. The number of nitrogens with zero attached hydrogens (tertiary/aromatic N) is 4. The zero-order valence-electron chi connectivity index (χ0n) is 19.0. The van der Waals surface area contributed by atoms with E-state index in [2.05, 4.69) is 9.89 Å². The number of carbonyl (C=O) groups is 1. The number of hydrogen-bond acceptors (Lipinski definition) is 9. The number of carbonyl (C=O) groups excluding carboxylic acids is 1. The average Bonchev–Trinajstić information content (AvgIpc) is 3.12. The first kappa shape index (κ1) is 23.6. The summed E-state index contributed by atoms with van der Waals surface area (Å²) >= 11 is 1.16. The van der Waals surface area contributed by atoms with Crippen molar-refractivity contribution in [2.24, 2.45) is 4.99 Å². The number of nitro groups is 1. The van der Waals surface area contributed by atoms with Crippen molar-refractivity contribution in [3.05, 3.63) is 57.0 Å². The molecule has 0 saturated carbocycles. The topological polar surface area (TPSA) is 107 Å². The van der Waals surface area contributed by atoms with Crippen molar-refractivity contribution >= 4 is 46.0 Å². The van der Waals surface area contributed by atoms with Gasteiger partial charge in [0.2, 0.25) is 0 Å². The van der Waals surface area contributed by atoms with Gasteiger partial charge in [0.15, 0.2) is 16.7 Å². The van der Waals surface area contributed by atoms with Gasteiger partial charge in [-0.15, -0.1) is 0 Å². The lowest BCUT2D eigenvalue weighted by Gasteiger charge is -2.28. The number of rotatable bonds is 6. The van der Waals surface area contributed by atoms with E-state index >= 15 is 0 Å². The number of benzene rings is 2. The van der Waals surface area contributed by atoms with Crippen molar-refractivity contribution in [2.75, 3.05) is 52.5 Å². The number of amides is 1. The molecule has 0 radical (unpaired) electrons. The van der Waals surface area contributed by atoms with Gasteiger partial charge in [-0.3, -0.25) is 19.8 Å². The predicted molar refractivity (Wildman–Crippen MR) is 131 cm³/mol. The van der Waals surface area contributed by atoms with Crippen molar-refractivity contribution in [1.29, 1.82) is 0 Å². The van der Waals surface area contributed by atoms with E-state index in [-0.39, 0.29) is 22.9 Å². The van der Waals surface area contributed by atoms with E-state index in [1.165, 1.54) is 37.3 Å². The maximum absolute atomic E-state index is 12.8. The molecule has 0 bridgehead atoms. The monoisotopic (exact) mass is 484 g/mol. The number of amidine groups is 1. The Bertz CT molecular complexity index is 1160. The van der Waals surface area contributed by atoms with Crippen LogP contribution in [0.5, 0.6) is 11.5 Å². The molecule has 10 nitrogen and oxygen atoms in total. The van der Waals surface area contributed by atoms with Crippen LogP contribution in [-0.2, 0) is 9.53 Å². The number of aliphatic imine (C=N–C) groups is 1. The minimum atomic E-state index is -0.521. The first-order valence-electron chi connectivity index (χ1n) is 10.5. The third kappa shape index (κ3) is 4.85. The van der Waals surface area contributed by atoms with Crippen molar-refractivity contribution in [2.45, 2.75) is 0 Å². The van der Waals surface area contributed by atoms with E-state index in [1.54, 1.807) is 7.05 Å². The molecule has 0 unspecified atom stereocenters. The Morgan fingerprint density at radius 1 is 1.12 bits per heavy atom. The molecule has 1 amide bonds. The first-order valence-corrected chi connectivity index (χ1v) is 11.3. The highest BCUT2D eigenvalue weighted by molar-refractivity contribution is 8.18. The molecule has 34 heavy (non-hydrogen) atoms. The summed E-state index contributed by atoms with van der Waals surface area (Å²) in [5.74, 6) is 0.275. The zero-order chi connectivity index (χ0) is 24.2. The van der Waals surface area contributed by atoms with E-state index in [1.807, 2.05) is 24.3 Å². The van der Waals surface area contributed by atoms with Crippen molar-refractivity contribution < 1.29 is 23.9 Å². The summed E-state index contributed by atoms with van der Waals surface area (Å²) in [7, 11) is 4.47. The minimum Gasteiger partial charge on any atom is -0.493 e. The average molecular weight is 485 g/mol. The van der Waals surface area contributed by atoms with Gasteiger partial charge in [-0.05, 0) is 48.2 Å². The van der Waals surface area contributed by atoms with Crippen LogP contribution in [0.2, 0.25) is 0 Å². The molecule has 2 aliphatic heterocycles. The maximum Gasteiger partial charge on any atom is 0.280 e. The molecule has 11 heteroatoms. The van der Waals surface area contributed by atoms with Crippen LogP contribution in [-0.4, -0.2) is 68.5 Å². The number of thioether (sulfide) groups is 1. The van der Waals surface area contributed by atoms with E-state index in [9.17, 15) is 14.9 Å². The molecule has 178 valence electrons. The van der Waals surface area contributed by atoms with Crippen LogP contribution in [0.1, 0.15) is 5.56 Å². The van der Waals surface area contributed by atoms with Gasteiger partial charge in [-0.2, -0.15) is 0 Å². The number of morpholine rings is 1. The molecule has 2 saturated heterocycles. The molecule has 2 aliphatic rings. The molecule has 2 heterocycles. The van der Waals surface area contributed by atoms with Gasteiger partial charge < -0.3 is 19.1 Å². The SMILES string of the molecule is COc1cc(/C=C2/SC(=Nc3ccc(N4CCOCC4)cc3)N(C)C2=O)c([N+](=O)[O-])cc1OC. The molecule has 2 fully saturated rings. The third-order valence-electron chi connectivity index (χ3n) is 5.47. The number of hydrogen-bond donors (Lipinski definition) is 0. The Balaban J connectivity index is 1.60. The molecule has 0 atom stereocenters. The Morgan fingerprint density at radius 2 is 1.76 bits per heavy atom. The highest BCUT2D eigenvalue weighted by Gasteiger charge is 2.31. The number of methoxy groups -OCH3 is 2. The molecule has 4 rings (SSSR count). The second-order valence-corrected chi connectivity index (χ2v) is 8.52. The van der Waals surface area contributed by atoms with Crippen LogP contribution in [0.25, 0.3) is 6.08 Å². The normalized spacial score (nSPS) is 18.6. The van der Waals surface area contributed by atoms with Crippen LogP contribution in [0.3, 0.4) is 0 Å². The molecule has 2 aromatic rings. The molecule has 0 spiro atoms. The van der Waals surface area contributed by atoms with Crippen LogP contribution in [0, 0.1) is 10.1 Å². The van der Waals surface area contributed by atoms with Crippen molar-refractivity contribution in [3.63, 3.8) is 0 Å². The summed E-state index contributed by atoms with van der Waals surface area (Å²) in [6, 6.07) is 10.6. The summed E-state index contributed by atoms with van der Waals surface area (Å²) < 4.78 is 15.8. The molecule has 0 aliphatic carbocycles. The van der Waals surface area contributed by atoms with Crippen molar-refractivity contribution in [1.82, 2.24) is 4.90 Å². The van der Waals surface area contributed by atoms with Crippen LogP contribution in [0.15, 0.2) is 46.3 Å². The van der Waals surface area contributed by atoms with E-state index in [4.69, 9.17) is 14.2 Å². The fraction of sp³-hybridized carbons (Fsp3) is 0.304. The van der Waals surface area contributed by atoms with Gasteiger partial charge in [-0.1, -0.05) is 0 Å². The third-order valence-corrected chi connectivity index (χ3v) is 6.53. The summed E-state index contributed by atoms with van der Waals surface area (Å²) in [5.41, 5.74) is 1.85. The lowest BCUT2D eigenvalue weighted by Crippen LogP contribution is -2.36. The smallest absolute Gasteiger partial charge is 0.280 e. The van der Waals surface area contributed by atoms with Gasteiger partial charge >= 0.3 is 0 Å². The van der Waals surface area contributed by atoms with E-state index in [0.717, 1.165) is 30.5 Å². The quantitative estimate of drug-likeness (QED) is 0.347. The predicted octanol–water partition coefficient (Wildman–Crippen LogP) is 3.68. The van der Waals surface area contributed by atoms with Crippen LogP contribution < -0.4 is 14.4 Å². The fourth-order valence-electron chi connectivity index (χ4n) is 3.62. The highest BCUT2D eigenvalue weighted by Crippen LogP contribution is 2.39. The Hall–Kier alpha value is -3.57. The standard InChI is InChI=1S/C23H24N4O6S/c1-25-22(28)21(13-15-12-19(31-2)20(32-3)14-18(15)27(29)30)34-23(25)24-16-4-6-17(7-5-16)26-8-10-33-11-9-26/h4-7,12-14H,8-11H2,1-3H3/b21-13+,24-23?. The molecule has 2 aromatic carbocycles. The zero-order valence-corrected chi connectivity index (χ0v) is 19.8. The van der Waals surface area contributed by atoms with Gasteiger partial charge in [0.25, 0.3) is 11.6 Å². The van der Waals surface area contributed by atoms with E-state index < -0.39 is 4.92 Å². The lowest BCUT2D eigenvalue weighted by atomic mass is 10.1. The number of ether oxygens (including phenoxy) is 3. The molecule has 0 N–H and O–H groups in total. The summed E-state index contributed by atoms with van der Waals surface area (Å²) in [5, 5.41) is 12.1. The Labute approximate surface area is 200 Å². The van der Waals surface area contributed by atoms with Gasteiger partial charge in [-0.25, -0.2) is 4.99 Å². The van der Waals surface area contributed by atoms with Crippen molar-refractivity contribution in [3.8, 4) is 11.5 Å². The number of likely N-dealkylation sites (N-methyl/N-ethyl adjacent to an activating group) is 1. The molecule has 0 aromatic heterocycles. The maximum atomic E-state index is 12.8. The highest BCUT2D eigenvalue weighted by atomic mass is 32.2. The second kappa shape index (κ2) is 10.1. The first-order chi connectivity index (χ1) is 16.4. The van der Waals surface area contributed by atoms with Gasteiger partial charge in [0.1, 0.15) is 0 Å². The van der Waals surface area contributed by atoms with Crippen LogP contribution >= 0.6 is 11.8 Å². The molecular formula is C23H24N4O6S. The Kier molecular flexibility index (Phi) is 7.03. The fourth-order valence-corrected chi connectivity index (χ4v) is 4.60. The lowest BCUT2D eigenvalue weighted by molar-refractivity contribution is -0.385.